The molecule has 0 spiro atoms. The van der Waals surface area contributed by atoms with Crippen LogP contribution in [0.2, 0.25) is 0 Å². The molecule has 0 amide bonds. The lowest BCUT2D eigenvalue weighted by Crippen LogP contribution is -2.23. The number of rotatable bonds is 3. The van der Waals surface area contributed by atoms with Gasteiger partial charge in [-0.15, -0.1) is 5.10 Å². The number of benzene rings is 2. The van der Waals surface area contributed by atoms with Gasteiger partial charge < -0.3 is 0 Å². The van der Waals surface area contributed by atoms with Gasteiger partial charge in [-0.25, -0.2) is 4.39 Å². The number of hydrogen-bond donors (Lipinski definition) is 0. The molecular formula is C17H9FN4O3S. The van der Waals surface area contributed by atoms with E-state index in [-0.39, 0.29) is 17.1 Å². The molecule has 0 unspecified atom stereocenters. The van der Waals surface area contributed by atoms with E-state index in [1.807, 2.05) is 0 Å². The Balaban J connectivity index is 1.82. The quantitative estimate of drug-likeness (QED) is 0.409. The Kier molecular flexibility index (Phi) is 3.77. The van der Waals surface area contributed by atoms with Crippen molar-refractivity contribution >= 4 is 28.1 Å². The standard InChI is InChI=1S/C17H9FN4O3S/c18-13-7-2-1-6-12(13)15-19-17-21(20-15)16(23)14(26-17)9-10-4-3-5-11(8-10)22(24)25/h1-9H/b14-9-. The highest BCUT2D eigenvalue weighted by molar-refractivity contribution is 7.15. The Labute approximate surface area is 148 Å². The minimum absolute atomic E-state index is 0.0625. The summed E-state index contributed by atoms with van der Waals surface area (Å²) in [6.45, 7) is 0. The average molecular weight is 368 g/mol. The minimum atomic E-state index is -0.501. The number of nitro groups is 1. The maximum atomic E-state index is 13.9. The monoisotopic (exact) mass is 368 g/mol. The van der Waals surface area contributed by atoms with Gasteiger partial charge in [-0.2, -0.15) is 9.50 Å². The summed E-state index contributed by atoms with van der Waals surface area (Å²) in [5.74, 6) is -0.338. The second kappa shape index (κ2) is 6.12. The summed E-state index contributed by atoms with van der Waals surface area (Å²) in [5.41, 5.74) is 0.265. The molecule has 128 valence electrons. The van der Waals surface area contributed by atoms with Crippen LogP contribution in [0.5, 0.6) is 0 Å². The molecule has 0 saturated carbocycles. The van der Waals surface area contributed by atoms with E-state index in [1.54, 1.807) is 30.3 Å². The summed E-state index contributed by atoms with van der Waals surface area (Å²) < 4.78 is 15.3. The first-order valence-corrected chi connectivity index (χ1v) is 8.25. The Morgan fingerprint density at radius 3 is 2.73 bits per heavy atom. The van der Waals surface area contributed by atoms with E-state index in [2.05, 4.69) is 10.1 Å². The lowest BCUT2D eigenvalue weighted by Gasteiger charge is -1.95. The second-order valence-electron chi connectivity index (χ2n) is 5.38. The molecule has 2 heterocycles. The van der Waals surface area contributed by atoms with Gasteiger partial charge in [0.25, 0.3) is 11.2 Å². The van der Waals surface area contributed by atoms with Crippen molar-refractivity contribution in [2.75, 3.05) is 0 Å². The zero-order chi connectivity index (χ0) is 18.3. The van der Waals surface area contributed by atoms with Crippen molar-refractivity contribution in [3.8, 4) is 11.4 Å². The number of fused-ring (bicyclic) bond motifs is 1. The number of halogens is 1. The molecule has 2 aromatic carbocycles. The van der Waals surface area contributed by atoms with Gasteiger partial charge in [-0.05, 0) is 23.8 Å². The summed E-state index contributed by atoms with van der Waals surface area (Å²) in [6, 6.07) is 12.0. The van der Waals surface area contributed by atoms with E-state index in [9.17, 15) is 19.3 Å². The van der Waals surface area contributed by atoms with Crippen molar-refractivity contribution in [3.63, 3.8) is 0 Å². The Bertz CT molecular complexity index is 1260. The third-order valence-electron chi connectivity index (χ3n) is 3.68. The number of thiazole rings is 1. The molecule has 9 heteroatoms. The van der Waals surface area contributed by atoms with Crippen LogP contribution in [0, 0.1) is 15.9 Å². The maximum absolute atomic E-state index is 13.9. The zero-order valence-electron chi connectivity index (χ0n) is 13.0. The smallest absolute Gasteiger partial charge is 0.266 e. The topological polar surface area (TPSA) is 90.4 Å². The van der Waals surface area contributed by atoms with Crippen LogP contribution in [-0.4, -0.2) is 19.5 Å². The van der Waals surface area contributed by atoms with Crippen LogP contribution in [0.4, 0.5) is 10.1 Å². The van der Waals surface area contributed by atoms with Crippen molar-refractivity contribution in [1.29, 1.82) is 0 Å². The van der Waals surface area contributed by atoms with Crippen LogP contribution < -0.4 is 10.1 Å². The first-order chi connectivity index (χ1) is 12.5. The van der Waals surface area contributed by atoms with Gasteiger partial charge >= 0.3 is 0 Å². The molecule has 0 atom stereocenters. The molecular weight excluding hydrogens is 359 g/mol. The number of aromatic nitrogens is 3. The SMILES string of the molecule is O=c1/c(=C/c2cccc([N+](=O)[O-])c2)sc2nc(-c3ccccc3F)nn12. The highest BCUT2D eigenvalue weighted by Gasteiger charge is 2.14. The first kappa shape index (κ1) is 16.0. The molecule has 0 aliphatic heterocycles. The van der Waals surface area contributed by atoms with Crippen molar-refractivity contribution in [2.45, 2.75) is 0 Å². The summed E-state index contributed by atoms with van der Waals surface area (Å²) >= 11 is 1.08. The van der Waals surface area contributed by atoms with Crippen molar-refractivity contribution in [2.24, 2.45) is 0 Å². The normalized spacial score (nSPS) is 12.0. The van der Waals surface area contributed by atoms with Gasteiger partial charge in [-0.3, -0.25) is 14.9 Å². The first-order valence-electron chi connectivity index (χ1n) is 7.43. The lowest BCUT2D eigenvalue weighted by molar-refractivity contribution is -0.384. The molecule has 0 bridgehead atoms. The molecule has 0 aliphatic carbocycles. The van der Waals surface area contributed by atoms with Crippen molar-refractivity contribution < 1.29 is 9.31 Å². The molecule has 0 fully saturated rings. The van der Waals surface area contributed by atoms with Crippen LogP contribution in [-0.2, 0) is 0 Å². The number of hydrogen-bond acceptors (Lipinski definition) is 6. The summed E-state index contributed by atoms with van der Waals surface area (Å²) in [7, 11) is 0. The molecule has 4 rings (SSSR count). The average Bonchev–Trinajstić information content (AvgIpc) is 3.16. The Morgan fingerprint density at radius 2 is 2.00 bits per heavy atom. The Morgan fingerprint density at radius 1 is 1.19 bits per heavy atom. The summed E-state index contributed by atoms with van der Waals surface area (Å²) in [5, 5.41) is 14.9. The molecule has 4 aromatic rings. The van der Waals surface area contributed by atoms with Crippen LogP contribution in [0.15, 0.2) is 53.3 Å². The van der Waals surface area contributed by atoms with Gasteiger partial charge in [0.15, 0.2) is 5.82 Å². The third-order valence-corrected chi connectivity index (χ3v) is 4.63. The molecule has 0 radical (unpaired) electrons. The van der Waals surface area contributed by atoms with E-state index in [0.717, 1.165) is 15.9 Å². The number of nitro benzene ring substituents is 1. The van der Waals surface area contributed by atoms with Gasteiger partial charge in [0, 0.05) is 12.1 Å². The molecule has 2 aromatic heterocycles. The number of nitrogens with zero attached hydrogens (tertiary/aromatic N) is 4. The van der Waals surface area contributed by atoms with Gasteiger partial charge in [0.1, 0.15) is 5.82 Å². The van der Waals surface area contributed by atoms with Crippen LogP contribution in [0.25, 0.3) is 22.4 Å². The second-order valence-corrected chi connectivity index (χ2v) is 6.39. The van der Waals surface area contributed by atoms with Gasteiger partial charge in [0.2, 0.25) is 4.96 Å². The third kappa shape index (κ3) is 2.74. The number of non-ortho nitro benzene ring substituents is 1. The van der Waals surface area contributed by atoms with E-state index in [4.69, 9.17) is 0 Å². The molecule has 26 heavy (non-hydrogen) atoms. The van der Waals surface area contributed by atoms with Crippen LogP contribution in [0.3, 0.4) is 0 Å². The van der Waals surface area contributed by atoms with Gasteiger partial charge in [-0.1, -0.05) is 35.6 Å². The maximum Gasteiger partial charge on any atom is 0.291 e. The summed E-state index contributed by atoms with van der Waals surface area (Å²) in [6.07, 6.45) is 1.54. The highest BCUT2D eigenvalue weighted by atomic mass is 32.1. The highest BCUT2D eigenvalue weighted by Crippen LogP contribution is 2.19. The molecule has 0 N–H and O–H groups in total. The van der Waals surface area contributed by atoms with Crippen molar-refractivity contribution in [1.82, 2.24) is 14.6 Å². The van der Waals surface area contributed by atoms with Crippen LogP contribution in [0.1, 0.15) is 5.56 Å². The zero-order valence-corrected chi connectivity index (χ0v) is 13.8. The Hall–Kier alpha value is -3.46. The van der Waals surface area contributed by atoms with E-state index < -0.39 is 16.3 Å². The molecule has 7 nitrogen and oxygen atoms in total. The fraction of sp³-hybridized carbons (Fsp3) is 0. The fourth-order valence-electron chi connectivity index (χ4n) is 2.47. The minimum Gasteiger partial charge on any atom is -0.266 e. The van der Waals surface area contributed by atoms with Crippen LogP contribution >= 0.6 is 11.3 Å². The predicted molar refractivity (Wildman–Crippen MR) is 94.4 cm³/mol. The summed E-state index contributed by atoms with van der Waals surface area (Å²) in [4.78, 5) is 27.4. The largest absolute Gasteiger partial charge is 0.291 e. The fourth-order valence-corrected chi connectivity index (χ4v) is 3.38. The lowest BCUT2D eigenvalue weighted by atomic mass is 10.2. The van der Waals surface area contributed by atoms with E-state index >= 15 is 0 Å². The molecule has 0 aliphatic rings. The molecule has 0 saturated heterocycles. The van der Waals surface area contributed by atoms with Crippen molar-refractivity contribution in [3.05, 3.63) is 84.9 Å². The predicted octanol–water partition coefficient (Wildman–Crippen LogP) is 2.41. The van der Waals surface area contributed by atoms with E-state index in [0.29, 0.717) is 15.1 Å². The van der Waals surface area contributed by atoms with Gasteiger partial charge in [0.05, 0.1) is 15.0 Å². The van der Waals surface area contributed by atoms with E-state index in [1.165, 1.54) is 24.3 Å².